The first-order valence-corrected chi connectivity index (χ1v) is 21.0. The number of thioether (sulfide) groups is 1. The highest BCUT2D eigenvalue weighted by Gasteiger charge is 2.49. The third-order valence-corrected chi connectivity index (χ3v) is 13.1. The number of aliphatic hydroxyl groups is 1. The number of aliphatic imine (C=N–C) groups is 1. The first kappa shape index (κ1) is 41.2. The zero-order chi connectivity index (χ0) is 39.3. The topological polar surface area (TPSA) is 233 Å². The summed E-state index contributed by atoms with van der Waals surface area (Å²) >= 11 is 1.58. The fourth-order valence-electron chi connectivity index (χ4n) is 7.41. The van der Waals surface area contributed by atoms with Crippen molar-refractivity contribution in [3.8, 4) is 0 Å². The lowest BCUT2D eigenvalue weighted by molar-refractivity contribution is -0.143. The average Bonchev–Trinajstić information content (AvgIpc) is 3.83. The quantitative estimate of drug-likeness (QED) is 0.184. The third kappa shape index (κ3) is 9.44. The number of carbonyl (C=O) groups excluding carboxylic acids is 5. The van der Waals surface area contributed by atoms with Crippen molar-refractivity contribution in [3.63, 3.8) is 0 Å². The predicted octanol–water partition coefficient (Wildman–Crippen LogP) is 1.76. The zero-order valence-electron chi connectivity index (χ0n) is 30.9. The van der Waals surface area contributed by atoms with Gasteiger partial charge >= 0.3 is 0 Å². The van der Waals surface area contributed by atoms with E-state index in [1.54, 1.807) is 25.6 Å². The summed E-state index contributed by atoms with van der Waals surface area (Å²) in [4.78, 5) is 73.7. The van der Waals surface area contributed by atoms with Crippen molar-refractivity contribution in [3.05, 3.63) is 41.7 Å². The number of rotatable bonds is 14. The second kappa shape index (κ2) is 17.2. The Bertz CT molecular complexity index is 1860. The average molecular weight is 788 g/mol. The number of nitrogens with one attached hydrogen (secondary N) is 1. The van der Waals surface area contributed by atoms with Crippen LogP contribution in [-0.4, -0.2) is 118 Å². The molecule has 2 aromatic rings. The molecule has 0 spiro atoms. The number of amides is 4. The van der Waals surface area contributed by atoms with Gasteiger partial charge in [-0.3, -0.25) is 24.0 Å². The molecular formula is C36H49N7O9S2. The van der Waals surface area contributed by atoms with Crippen molar-refractivity contribution in [2.24, 2.45) is 16.6 Å². The molecule has 2 atom stereocenters. The van der Waals surface area contributed by atoms with Gasteiger partial charge in [0.25, 0.3) is 17.7 Å². The summed E-state index contributed by atoms with van der Waals surface area (Å²) in [5.41, 5.74) is 2.90. The van der Waals surface area contributed by atoms with E-state index in [9.17, 15) is 37.5 Å². The van der Waals surface area contributed by atoms with Crippen LogP contribution in [0.2, 0.25) is 0 Å². The SMILES string of the molecule is COCCS(=O)(=O)c1ccc(C(=O)/N=C(\CC2CCCCC2)C(=O)N2C[C@@H](n3nncc3C(C)(C)O)C[C@H]2C(=O)NC2(C(=O)C(N)=O)CCSCC2)cc1. The number of nitrogens with zero attached hydrogens (tertiary/aromatic N) is 5. The van der Waals surface area contributed by atoms with Crippen LogP contribution in [0.1, 0.15) is 93.7 Å². The summed E-state index contributed by atoms with van der Waals surface area (Å²) in [5, 5.41) is 21.8. The Hall–Kier alpha value is -4.00. The molecule has 3 heterocycles. The van der Waals surface area contributed by atoms with Crippen molar-refractivity contribution < 1.29 is 42.2 Å². The van der Waals surface area contributed by atoms with E-state index in [0.29, 0.717) is 17.2 Å². The highest BCUT2D eigenvalue weighted by Crippen LogP contribution is 2.35. The summed E-state index contributed by atoms with van der Waals surface area (Å²) < 4.78 is 31.7. The molecular weight excluding hydrogens is 739 g/mol. The number of aromatic nitrogens is 3. The van der Waals surface area contributed by atoms with Crippen molar-refractivity contribution in [2.45, 2.75) is 99.8 Å². The Labute approximate surface area is 318 Å². The Morgan fingerprint density at radius 1 is 1.09 bits per heavy atom. The van der Waals surface area contributed by atoms with Gasteiger partial charge < -0.3 is 25.8 Å². The number of primary amides is 1. The lowest BCUT2D eigenvalue weighted by atomic mass is 9.85. The molecule has 16 nitrogen and oxygen atoms in total. The maximum Gasteiger partial charge on any atom is 0.287 e. The van der Waals surface area contributed by atoms with E-state index in [0.717, 1.165) is 32.1 Å². The van der Waals surface area contributed by atoms with Crippen LogP contribution in [0, 0.1) is 5.92 Å². The van der Waals surface area contributed by atoms with Gasteiger partial charge in [0.2, 0.25) is 11.7 Å². The maximum absolute atomic E-state index is 14.7. The Balaban J connectivity index is 1.51. The number of ether oxygens (including phenoxy) is 1. The zero-order valence-corrected chi connectivity index (χ0v) is 32.5. The van der Waals surface area contributed by atoms with E-state index in [1.165, 1.54) is 47.2 Å². The van der Waals surface area contributed by atoms with Crippen molar-refractivity contribution >= 4 is 56.7 Å². The molecule has 3 fully saturated rings. The molecule has 3 aliphatic rings. The van der Waals surface area contributed by atoms with Gasteiger partial charge in [-0.25, -0.2) is 18.1 Å². The minimum atomic E-state index is -3.65. The second-order valence-electron chi connectivity index (χ2n) is 14.8. The second-order valence-corrected chi connectivity index (χ2v) is 18.1. The molecule has 5 rings (SSSR count). The van der Waals surface area contributed by atoms with Crippen LogP contribution in [0.3, 0.4) is 0 Å². The molecule has 1 aromatic carbocycles. The lowest BCUT2D eigenvalue weighted by Gasteiger charge is -2.37. The molecule has 0 radical (unpaired) electrons. The van der Waals surface area contributed by atoms with Crippen molar-refractivity contribution in [2.75, 3.05) is 37.5 Å². The summed E-state index contributed by atoms with van der Waals surface area (Å²) in [5.74, 6) is -3.33. The number of methoxy groups -OCH3 is 1. The number of sulfone groups is 1. The third-order valence-electron chi connectivity index (χ3n) is 10.5. The Kier molecular flexibility index (Phi) is 13.1. The molecule has 0 bridgehead atoms. The Morgan fingerprint density at radius 3 is 2.37 bits per heavy atom. The summed E-state index contributed by atoms with van der Waals surface area (Å²) in [6.45, 7) is 3.06. The molecule has 294 valence electrons. The van der Waals surface area contributed by atoms with Gasteiger partial charge in [0, 0.05) is 25.6 Å². The number of nitrogens with two attached hydrogens (primary N) is 1. The first-order chi connectivity index (χ1) is 25.6. The number of hydrogen-bond donors (Lipinski definition) is 3. The predicted molar refractivity (Wildman–Crippen MR) is 199 cm³/mol. The van der Waals surface area contributed by atoms with Gasteiger partial charge in [-0.1, -0.05) is 37.3 Å². The first-order valence-electron chi connectivity index (χ1n) is 18.2. The number of benzene rings is 1. The number of Topliss-reactive ketones (excluding diaryl/α,β-unsaturated/α-hetero) is 1. The van der Waals surface area contributed by atoms with Gasteiger partial charge in [0.1, 0.15) is 22.9 Å². The molecule has 54 heavy (non-hydrogen) atoms. The largest absolute Gasteiger partial charge is 0.384 e. The van der Waals surface area contributed by atoms with Crippen LogP contribution in [-0.2, 0) is 39.4 Å². The molecule has 4 N–H and O–H groups in total. The van der Waals surface area contributed by atoms with E-state index in [1.807, 2.05) is 0 Å². The van der Waals surface area contributed by atoms with Crippen LogP contribution in [0.4, 0.5) is 0 Å². The summed E-state index contributed by atoms with van der Waals surface area (Å²) in [7, 11) is -2.25. The van der Waals surface area contributed by atoms with Crippen molar-refractivity contribution in [1.29, 1.82) is 0 Å². The lowest BCUT2D eigenvalue weighted by Crippen LogP contribution is -2.63. The van der Waals surface area contributed by atoms with E-state index in [-0.39, 0.29) is 66.7 Å². The number of likely N-dealkylation sites (tertiary alicyclic amines) is 1. The van der Waals surface area contributed by atoms with Crippen LogP contribution >= 0.6 is 11.8 Å². The van der Waals surface area contributed by atoms with E-state index < -0.39 is 62.5 Å². The van der Waals surface area contributed by atoms with Gasteiger partial charge in [-0.2, -0.15) is 11.8 Å². The molecule has 0 unspecified atom stereocenters. The van der Waals surface area contributed by atoms with Gasteiger partial charge in [-0.05, 0) is 74.8 Å². The smallest absolute Gasteiger partial charge is 0.287 e. The number of carbonyl (C=O) groups is 5. The van der Waals surface area contributed by atoms with Crippen LogP contribution in [0.15, 0.2) is 40.4 Å². The van der Waals surface area contributed by atoms with Crippen LogP contribution in [0.25, 0.3) is 0 Å². The molecule has 4 amide bonds. The number of ketones is 1. The highest BCUT2D eigenvalue weighted by atomic mass is 32.2. The monoisotopic (exact) mass is 787 g/mol. The number of hydrogen-bond acceptors (Lipinski definition) is 12. The van der Waals surface area contributed by atoms with Gasteiger partial charge in [0.15, 0.2) is 9.84 Å². The van der Waals surface area contributed by atoms with Gasteiger partial charge in [-0.15, -0.1) is 5.10 Å². The fourth-order valence-corrected chi connectivity index (χ4v) is 9.78. The van der Waals surface area contributed by atoms with E-state index in [4.69, 9.17) is 10.5 Å². The van der Waals surface area contributed by atoms with E-state index in [2.05, 4.69) is 20.6 Å². The van der Waals surface area contributed by atoms with Crippen molar-refractivity contribution in [1.82, 2.24) is 25.2 Å². The maximum atomic E-state index is 14.7. The normalized spacial score (nSPS) is 21.1. The fraction of sp³-hybridized carbons (Fsp3) is 0.611. The van der Waals surface area contributed by atoms with E-state index >= 15 is 0 Å². The van der Waals surface area contributed by atoms with Crippen LogP contribution < -0.4 is 11.1 Å². The molecule has 18 heteroatoms. The molecule has 1 saturated carbocycles. The molecule has 2 saturated heterocycles. The van der Waals surface area contributed by atoms with Gasteiger partial charge in [0.05, 0.1) is 35.2 Å². The minimum absolute atomic E-state index is 0.00775. The summed E-state index contributed by atoms with van der Waals surface area (Å²) in [6.07, 6.45) is 6.56. The molecule has 1 aromatic heterocycles. The standard InChI is InChI=1S/C36H49N7O9S2/c1-35(2,49)29-21-38-41-43(29)25-20-28(33(47)40-36(30(44)31(37)45)13-16-53-17-14-36)42(22-25)34(48)27(19-23-7-5-4-6-8-23)39-32(46)24-9-11-26(12-10-24)54(50,51)18-15-52-3/h9-12,21,23,25,28,49H,4-8,13-20,22H2,1-3H3,(H2,37,45)(H,40,47)/b39-27+/t25-,28-/m0/s1. The molecule has 2 aliphatic heterocycles. The van der Waals surface area contributed by atoms with Crippen LogP contribution in [0.5, 0.6) is 0 Å². The molecule has 1 aliphatic carbocycles. The minimum Gasteiger partial charge on any atom is -0.384 e. The summed E-state index contributed by atoms with van der Waals surface area (Å²) in [6, 6.07) is 3.49. The Morgan fingerprint density at radius 2 is 1.76 bits per heavy atom. The highest BCUT2D eigenvalue weighted by molar-refractivity contribution is 7.99.